The molecule has 0 bridgehead atoms. The first kappa shape index (κ1) is 23.3. The maximum absolute atomic E-state index is 13.0. The van der Waals surface area contributed by atoms with Crippen molar-refractivity contribution in [3.63, 3.8) is 0 Å². The molecular formula is C23H33N3O4S. The minimum Gasteiger partial charge on any atom is -0.464 e. The molecule has 2 heterocycles. The van der Waals surface area contributed by atoms with Crippen molar-refractivity contribution in [3.8, 4) is 0 Å². The van der Waals surface area contributed by atoms with Crippen molar-refractivity contribution in [1.29, 1.82) is 0 Å². The van der Waals surface area contributed by atoms with E-state index in [2.05, 4.69) is 43.4 Å². The van der Waals surface area contributed by atoms with Crippen molar-refractivity contribution in [2.24, 2.45) is 13.0 Å². The highest BCUT2D eigenvalue weighted by Crippen LogP contribution is 2.26. The van der Waals surface area contributed by atoms with Gasteiger partial charge in [0.25, 0.3) is 0 Å². The number of rotatable bonds is 8. The lowest BCUT2D eigenvalue weighted by atomic mass is 9.97. The van der Waals surface area contributed by atoms with Crippen molar-refractivity contribution in [2.45, 2.75) is 43.9 Å². The Morgan fingerprint density at radius 1 is 1.23 bits per heavy atom. The third-order valence-corrected chi connectivity index (χ3v) is 8.14. The van der Waals surface area contributed by atoms with Crippen LogP contribution in [-0.4, -0.2) is 50.0 Å². The van der Waals surface area contributed by atoms with Crippen molar-refractivity contribution in [2.75, 3.05) is 32.1 Å². The number of methoxy groups -OCH3 is 1. The highest BCUT2D eigenvalue weighted by atomic mass is 32.2. The van der Waals surface area contributed by atoms with Crippen LogP contribution in [-0.2, 0) is 21.8 Å². The van der Waals surface area contributed by atoms with Gasteiger partial charge in [-0.3, -0.25) is 0 Å². The molecule has 1 saturated heterocycles. The second-order valence-corrected chi connectivity index (χ2v) is 10.3. The summed E-state index contributed by atoms with van der Waals surface area (Å²) in [6.45, 7) is 6.21. The van der Waals surface area contributed by atoms with Crippen LogP contribution in [0.15, 0.2) is 41.4 Å². The van der Waals surface area contributed by atoms with Crippen LogP contribution < -0.4 is 5.32 Å². The molecule has 0 saturated carbocycles. The van der Waals surface area contributed by atoms with Crippen LogP contribution in [0.2, 0.25) is 0 Å². The van der Waals surface area contributed by atoms with Gasteiger partial charge in [0.05, 0.1) is 7.11 Å². The monoisotopic (exact) mass is 447 g/mol. The summed E-state index contributed by atoms with van der Waals surface area (Å²) < 4.78 is 33.7. The Hall–Kier alpha value is -2.32. The lowest BCUT2D eigenvalue weighted by Crippen LogP contribution is -2.39. The Labute approximate surface area is 185 Å². The van der Waals surface area contributed by atoms with Crippen molar-refractivity contribution < 1.29 is 17.9 Å². The highest BCUT2D eigenvalue weighted by molar-refractivity contribution is 7.89. The summed E-state index contributed by atoms with van der Waals surface area (Å²) in [7, 11) is -0.710. The van der Waals surface area contributed by atoms with E-state index in [9.17, 15) is 13.2 Å². The number of esters is 1. The Kier molecular flexibility index (Phi) is 7.43. The zero-order valence-electron chi connectivity index (χ0n) is 18.8. The third-order valence-electron chi connectivity index (χ3n) is 6.27. The van der Waals surface area contributed by atoms with E-state index in [1.54, 1.807) is 7.05 Å². The van der Waals surface area contributed by atoms with Gasteiger partial charge in [0, 0.05) is 38.6 Å². The number of aromatic nitrogens is 1. The van der Waals surface area contributed by atoms with Gasteiger partial charge in [-0.15, -0.1) is 0 Å². The average molecular weight is 448 g/mol. The van der Waals surface area contributed by atoms with Gasteiger partial charge in [0.1, 0.15) is 10.6 Å². The van der Waals surface area contributed by atoms with Crippen LogP contribution in [0, 0.1) is 5.92 Å². The minimum absolute atomic E-state index is 0.133. The van der Waals surface area contributed by atoms with E-state index in [0.29, 0.717) is 24.9 Å². The molecule has 7 nitrogen and oxygen atoms in total. The van der Waals surface area contributed by atoms with Gasteiger partial charge in [0.15, 0.2) is 0 Å². The van der Waals surface area contributed by atoms with Crippen molar-refractivity contribution in [1.82, 2.24) is 8.87 Å². The summed E-state index contributed by atoms with van der Waals surface area (Å²) in [5.41, 5.74) is 2.67. The van der Waals surface area contributed by atoms with Gasteiger partial charge >= 0.3 is 5.97 Å². The molecule has 0 radical (unpaired) electrons. The Morgan fingerprint density at radius 2 is 1.87 bits per heavy atom. The average Bonchev–Trinajstić information content (AvgIpc) is 3.19. The van der Waals surface area contributed by atoms with E-state index in [1.807, 2.05) is 0 Å². The Balaban J connectivity index is 1.55. The molecule has 1 unspecified atom stereocenters. The summed E-state index contributed by atoms with van der Waals surface area (Å²) in [5.74, 6) is 0.432. The van der Waals surface area contributed by atoms with Crippen LogP contribution in [0.25, 0.3) is 0 Å². The predicted octanol–water partition coefficient (Wildman–Crippen LogP) is 3.84. The fraction of sp³-hybridized carbons (Fsp3) is 0.522. The molecule has 1 atom stereocenters. The lowest BCUT2D eigenvalue weighted by molar-refractivity contribution is 0.0590. The number of sulfonamides is 1. The molecular weight excluding hydrogens is 414 g/mol. The number of aryl methyl sites for hydroxylation is 1. The number of nitrogens with one attached hydrogen (secondary N) is 1. The molecule has 0 spiro atoms. The first-order chi connectivity index (χ1) is 14.8. The molecule has 1 aliphatic heterocycles. The molecule has 3 rings (SSSR count). The molecule has 31 heavy (non-hydrogen) atoms. The zero-order valence-corrected chi connectivity index (χ0v) is 19.6. The van der Waals surface area contributed by atoms with Crippen LogP contribution in [0.3, 0.4) is 0 Å². The second-order valence-electron chi connectivity index (χ2n) is 8.32. The van der Waals surface area contributed by atoms with E-state index in [-0.39, 0.29) is 10.6 Å². The normalized spacial score (nSPS) is 16.8. The number of piperidine rings is 1. The molecule has 1 aromatic carbocycles. The molecule has 1 N–H and O–H groups in total. The van der Waals surface area contributed by atoms with Crippen molar-refractivity contribution >= 4 is 21.7 Å². The van der Waals surface area contributed by atoms with Gasteiger partial charge in [-0.2, -0.15) is 4.31 Å². The maximum Gasteiger partial charge on any atom is 0.354 e. The van der Waals surface area contributed by atoms with E-state index in [4.69, 9.17) is 4.74 Å². The van der Waals surface area contributed by atoms with E-state index in [0.717, 1.165) is 31.5 Å². The van der Waals surface area contributed by atoms with Gasteiger partial charge in [-0.25, -0.2) is 13.2 Å². The van der Waals surface area contributed by atoms with E-state index in [1.165, 1.54) is 33.8 Å². The van der Waals surface area contributed by atoms with Crippen LogP contribution in [0.4, 0.5) is 5.69 Å². The van der Waals surface area contributed by atoms with E-state index < -0.39 is 16.0 Å². The summed E-state index contributed by atoms with van der Waals surface area (Å²) in [5, 5.41) is 3.49. The predicted molar refractivity (Wildman–Crippen MR) is 122 cm³/mol. The number of anilines is 1. The van der Waals surface area contributed by atoms with Gasteiger partial charge in [0.2, 0.25) is 10.0 Å². The number of ether oxygens (including phenoxy) is 1. The van der Waals surface area contributed by atoms with Gasteiger partial charge in [-0.1, -0.05) is 26.0 Å². The van der Waals surface area contributed by atoms with Crippen LogP contribution in [0.5, 0.6) is 0 Å². The summed E-state index contributed by atoms with van der Waals surface area (Å²) in [4.78, 5) is 11.9. The molecule has 170 valence electrons. The quantitative estimate of drug-likeness (QED) is 0.622. The fourth-order valence-electron chi connectivity index (χ4n) is 3.91. The van der Waals surface area contributed by atoms with Crippen LogP contribution >= 0.6 is 0 Å². The molecule has 1 aliphatic rings. The molecule has 8 heteroatoms. The number of hydrogen-bond donors (Lipinski definition) is 1. The minimum atomic E-state index is -3.63. The molecule has 0 amide bonds. The molecule has 2 aromatic rings. The maximum atomic E-state index is 13.0. The van der Waals surface area contributed by atoms with Crippen molar-refractivity contribution in [3.05, 3.63) is 47.8 Å². The molecule has 1 fully saturated rings. The van der Waals surface area contributed by atoms with Crippen LogP contribution in [0.1, 0.15) is 55.1 Å². The first-order valence-electron chi connectivity index (χ1n) is 10.8. The fourth-order valence-corrected chi connectivity index (χ4v) is 5.45. The third kappa shape index (κ3) is 5.30. The largest absolute Gasteiger partial charge is 0.464 e. The number of carbonyl (C=O) groups excluding carboxylic acids is 1. The Bertz CT molecular complexity index is 990. The highest BCUT2D eigenvalue weighted by Gasteiger charge is 2.31. The standard InChI is InChI=1S/C23H33N3O4S/c1-5-17(2)19-6-8-20(9-7-19)24-15-18-10-12-26(13-11-18)31(28,29)21-14-22(23(27)30-4)25(3)16-21/h6-9,14,16-18,24H,5,10-13,15H2,1-4H3. The SMILES string of the molecule is CCC(C)c1ccc(NCC2CCN(S(=O)(=O)c3cc(C(=O)OC)n(C)c3)CC2)cc1. The molecule has 0 aliphatic carbocycles. The number of nitrogens with zero attached hydrogens (tertiary/aromatic N) is 2. The topological polar surface area (TPSA) is 80.6 Å². The summed E-state index contributed by atoms with van der Waals surface area (Å²) >= 11 is 0. The second kappa shape index (κ2) is 9.87. The molecule has 1 aromatic heterocycles. The lowest BCUT2D eigenvalue weighted by Gasteiger charge is -2.31. The number of carbonyl (C=O) groups is 1. The van der Waals surface area contributed by atoms with Gasteiger partial charge < -0.3 is 14.6 Å². The Morgan fingerprint density at radius 3 is 2.45 bits per heavy atom. The van der Waals surface area contributed by atoms with E-state index >= 15 is 0 Å². The smallest absolute Gasteiger partial charge is 0.354 e. The summed E-state index contributed by atoms with van der Waals surface area (Å²) in [6, 6.07) is 9.98. The summed E-state index contributed by atoms with van der Waals surface area (Å²) in [6.07, 6.45) is 4.20. The number of benzene rings is 1. The zero-order chi connectivity index (χ0) is 22.6. The van der Waals surface area contributed by atoms with Gasteiger partial charge in [-0.05, 0) is 54.9 Å². The first-order valence-corrected chi connectivity index (χ1v) is 12.3. The number of hydrogen-bond acceptors (Lipinski definition) is 5.